The fourth-order valence-corrected chi connectivity index (χ4v) is 8.07. The van der Waals surface area contributed by atoms with Gasteiger partial charge < -0.3 is 45.7 Å². The van der Waals surface area contributed by atoms with Gasteiger partial charge in [0.15, 0.2) is 0 Å². The molecular formula is C48H68N6O8. The van der Waals surface area contributed by atoms with Crippen molar-refractivity contribution in [3.63, 3.8) is 0 Å². The van der Waals surface area contributed by atoms with E-state index in [1.165, 1.54) is 7.11 Å². The Morgan fingerprint density at radius 2 is 1.47 bits per heavy atom. The number of nitrogens with one attached hydrogen (secondary N) is 3. The SMILES string of the molecule is CC[C@H](C)[C@@H]([C@@H](CC(=O)N1CCC[C@H]1[C@H](OC)[C@@H](C)C(=O)N[C@@H](Cc1ccccc1)C(=O)Nc1ccc(CNC(=O)OCc2ccccc2)cc1)OC)N(C)C(=O)[C@@H](N)C(C)C. The molecule has 1 aliphatic heterocycles. The summed E-state index contributed by atoms with van der Waals surface area (Å²) in [5.41, 5.74) is 9.34. The highest BCUT2D eigenvalue weighted by Gasteiger charge is 2.43. The largest absolute Gasteiger partial charge is 0.445 e. The van der Waals surface area contributed by atoms with E-state index in [0.29, 0.717) is 18.7 Å². The van der Waals surface area contributed by atoms with Crippen molar-refractivity contribution >= 4 is 35.4 Å². The Morgan fingerprint density at radius 1 is 0.839 bits per heavy atom. The number of carbonyl (C=O) groups excluding carboxylic acids is 5. The summed E-state index contributed by atoms with van der Waals surface area (Å²) in [6.07, 6.45) is 0.588. The molecule has 14 heteroatoms. The van der Waals surface area contributed by atoms with Crippen molar-refractivity contribution in [3.8, 4) is 0 Å². The van der Waals surface area contributed by atoms with Crippen molar-refractivity contribution in [1.29, 1.82) is 0 Å². The lowest BCUT2D eigenvalue weighted by Gasteiger charge is -2.40. The highest BCUT2D eigenvalue weighted by atomic mass is 16.5. The van der Waals surface area contributed by atoms with Gasteiger partial charge in [0.2, 0.25) is 23.6 Å². The van der Waals surface area contributed by atoms with E-state index < -0.39 is 48.3 Å². The third kappa shape index (κ3) is 13.8. The summed E-state index contributed by atoms with van der Waals surface area (Å²) in [6.45, 7) is 10.5. The average molecular weight is 857 g/mol. The lowest BCUT2D eigenvalue weighted by Crippen LogP contribution is -2.56. The lowest BCUT2D eigenvalue weighted by atomic mass is 9.89. The number of ether oxygens (including phenoxy) is 3. The summed E-state index contributed by atoms with van der Waals surface area (Å²) < 4.78 is 17.2. The van der Waals surface area contributed by atoms with Crippen LogP contribution in [-0.2, 0) is 53.0 Å². The van der Waals surface area contributed by atoms with Crippen LogP contribution in [0.15, 0.2) is 84.9 Å². The van der Waals surface area contributed by atoms with E-state index in [1.54, 1.807) is 55.1 Å². The van der Waals surface area contributed by atoms with E-state index in [0.717, 1.165) is 29.5 Å². The molecule has 5 amide bonds. The third-order valence-electron chi connectivity index (χ3n) is 12.0. The third-order valence-corrected chi connectivity index (χ3v) is 12.0. The number of likely N-dealkylation sites (N-methyl/N-ethyl adjacent to an activating group) is 1. The predicted octanol–water partition coefficient (Wildman–Crippen LogP) is 5.68. The first-order valence-corrected chi connectivity index (χ1v) is 21.7. The summed E-state index contributed by atoms with van der Waals surface area (Å²) in [7, 11) is 4.82. The molecule has 4 rings (SSSR count). The molecule has 1 fully saturated rings. The van der Waals surface area contributed by atoms with E-state index in [2.05, 4.69) is 16.0 Å². The number of alkyl carbamates (subject to hydrolysis) is 1. The number of amides is 5. The molecule has 0 radical (unpaired) electrons. The molecule has 62 heavy (non-hydrogen) atoms. The second-order valence-corrected chi connectivity index (χ2v) is 16.7. The molecule has 14 nitrogen and oxygen atoms in total. The summed E-state index contributed by atoms with van der Waals surface area (Å²) in [5, 5.41) is 8.66. The zero-order valence-corrected chi connectivity index (χ0v) is 37.7. The Labute approximate surface area is 367 Å². The molecule has 0 saturated carbocycles. The Morgan fingerprint density at radius 3 is 2.05 bits per heavy atom. The summed E-state index contributed by atoms with van der Waals surface area (Å²) in [5.74, 6) is -1.90. The summed E-state index contributed by atoms with van der Waals surface area (Å²) >= 11 is 0. The first kappa shape index (κ1) is 49.3. The molecule has 1 saturated heterocycles. The van der Waals surface area contributed by atoms with Crippen LogP contribution in [0.25, 0.3) is 0 Å². The minimum Gasteiger partial charge on any atom is -0.445 e. The van der Waals surface area contributed by atoms with Crippen LogP contribution in [-0.4, -0.2) is 104 Å². The van der Waals surface area contributed by atoms with Crippen LogP contribution in [0, 0.1) is 17.8 Å². The minimum absolute atomic E-state index is 0.0246. The van der Waals surface area contributed by atoms with Gasteiger partial charge in [-0.05, 0) is 53.5 Å². The standard InChI is InChI=1S/C48H68N6O8/c1-9-32(4)43(53(6)47(58)42(49)31(2)3)40(60-7)28-41(55)54-26-16-21-39(54)44(61-8)33(5)45(56)52-38(27-34-17-12-10-13-18-34)46(57)51-37-24-22-35(23-25-37)29-50-48(59)62-30-36-19-14-11-15-20-36/h10-15,17-20,22-25,31-33,38-40,42-44H,9,16,21,26-30,49H2,1-8H3,(H,50,59)(H,51,57)(H,52,56)/t32-,33+,38-,39-,40+,42-,43-,44+/m0/s1. The smallest absolute Gasteiger partial charge is 0.407 e. The quantitative estimate of drug-likeness (QED) is 0.0989. The van der Waals surface area contributed by atoms with Crippen LogP contribution in [0.2, 0.25) is 0 Å². The number of methoxy groups -OCH3 is 2. The van der Waals surface area contributed by atoms with Gasteiger partial charge in [-0.3, -0.25) is 19.2 Å². The van der Waals surface area contributed by atoms with Gasteiger partial charge in [0.1, 0.15) is 12.6 Å². The van der Waals surface area contributed by atoms with E-state index in [-0.39, 0.29) is 61.6 Å². The molecule has 338 valence electrons. The molecule has 8 atom stereocenters. The molecule has 0 aliphatic carbocycles. The van der Waals surface area contributed by atoms with Crippen LogP contribution in [0.3, 0.4) is 0 Å². The van der Waals surface area contributed by atoms with Gasteiger partial charge in [-0.25, -0.2) is 4.79 Å². The van der Waals surface area contributed by atoms with Crippen molar-refractivity contribution in [2.24, 2.45) is 23.5 Å². The van der Waals surface area contributed by atoms with Crippen LogP contribution in [0.4, 0.5) is 10.5 Å². The number of hydrogen-bond donors (Lipinski definition) is 4. The van der Waals surface area contributed by atoms with E-state index in [1.807, 2.05) is 88.4 Å². The average Bonchev–Trinajstić information content (AvgIpc) is 3.77. The van der Waals surface area contributed by atoms with Gasteiger partial charge in [0.25, 0.3) is 0 Å². The molecule has 5 N–H and O–H groups in total. The normalized spacial score (nSPS) is 17.2. The molecule has 1 aliphatic rings. The Kier molecular flexibility index (Phi) is 19.4. The predicted molar refractivity (Wildman–Crippen MR) is 240 cm³/mol. The monoisotopic (exact) mass is 857 g/mol. The van der Waals surface area contributed by atoms with Crippen molar-refractivity contribution in [1.82, 2.24) is 20.4 Å². The number of nitrogens with zero attached hydrogens (tertiary/aromatic N) is 2. The molecule has 3 aromatic carbocycles. The maximum absolute atomic E-state index is 14.2. The minimum atomic E-state index is -0.935. The molecule has 0 aromatic heterocycles. The van der Waals surface area contributed by atoms with Crippen molar-refractivity contribution in [2.45, 2.75) is 116 Å². The first-order chi connectivity index (χ1) is 29.7. The van der Waals surface area contributed by atoms with Crippen LogP contribution >= 0.6 is 0 Å². The number of benzene rings is 3. The van der Waals surface area contributed by atoms with E-state index in [9.17, 15) is 24.0 Å². The van der Waals surface area contributed by atoms with E-state index in [4.69, 9.17) is 19.9 Å². The summed E-state index contributed by atoms with van der Waals surface area (Å²) in [4.78, 5) is 71.3. The first-order valence-electron chi connectivity index (χ1n) is 21.7. The number of anilines is 1. The van der Waals surface area contributed by atoms with E-state index >= 15 is 0 Å². The maximum atomic E-state index is 14.2. The molecule has 3 aromatic rings. The van der Waals surface area contributed by atoms with Gasteiger partial charge in [0, 0.05) is 46.5 Å². The second kappa shape index (κ2) is 24.4. The van der Waals surface area contributed by atoms with Gasteiger partial charge in [-0.15, -0.1) is 0 Å². The van der Waals surface area contributed by atoms with Gasteiger partial charge >= 0.3 is 6.09 Å². The second-order valence-electron chi connectivity index (χ2n) is 16.7. The number of rotatable bonds is 22. The van der Waals surface area contributed by atoms with Crippen molar-refractivity contribution in [2.75, 3.05) is 33.1 Å². The molecule has 0 bridgehead atoms. The van der Waals surface area contributed by atoms with Gasteiger partial charge in [-0.2, -0.15) is 0 Å². The highest BCUT2D eigenvalue weighted by Crippen LogP contribution is 2.30. The Balaban J connectivity index is 1.42. The molecule has 0 spiro atoms. The van der Waals surface area contributed by atoms with Crippen molar-refractivity contribution < 1.29 is 38.2 Å². The fraction of sp³-hybridized carbons (Fsp3) is 0.521. The molecule has 1 heterocycles. The highest BCUT2D eigenvalue weighted by molar-refractivity contribution is 5.97. The molecular weight excluding hydrogens is 789 g/mol. The molecule has 0 unspecified atom stereocenters. The maximum Gasteiger partial charge on any atom is 0.407 e. The van der Waals surface area contributed by atoms with Crippen LogP contribution in [0.1, 0.15) is 77.0 Å². The van der Waals surface area contributed by atoms with Gasteiger partial charge in [-0.1, -0.05) is 114 Å². The number of likely N-dealkylation sites (tertiary alicyclic amines) is 1. The number of carbonyl (C=O) groups is 5. The van der Waals surface area contributed by atoms with Gasteiger partial charge in [0.05, 0.1) is 42.7 Å². The zero-order valence-electron chi connectivity index (χ0n) is 37.7. The van der Waals surface area contributed by atoms with Crippen molar-refractivity contribution in [3.05, 3.63) is 102 Å². The zero-order chi connectivity index (χ0) is 45.3. The fourth-order valence-electron chi connectivity index (χ4n) is 8.07. The number of nitrogens with two attached hydrogens (primary N) is 1. The Bertz CT molecular complexity index is 1880. The lowest BCUT2D eigenvalue weighted by molar-refractivity contribution is -0.146. The Hall–Kier alpha value is -5.31. The van der Waals surface area contributed by atoms with Crippen LogP contribution in [0.5, 0.6) is 0 Å². The van der Waals surface area contributed by atoms with Crippen LogP contribution < -0.4 is 21.7 Å². The summed E-state index contributed by atoms with van der Waals surface area (Å²) in [6, 6.07) is 23.5. The topological polar surface area (TPSA) is 182 Å². The number of hydrogen-bond acceptors (Lipinski definition) is 9.